The summed E-state index contributed by atoms with van der Waals surface area (Å²) in [5.74, 6) is 0. The summed E-state index contributed by atoms with van der Waals surface area (Å²) >= 11 is 0. The third-order valence-corrected chi connectivity index (χ3v) is 1.82. The molecule has 0 spiro atoms. The second kappa shape index (κ2) is 2.87. The van der Waals surface area contributed by atoms with Crippen LogP contribution >= 0.6 is 0 Å². The fourth-order valence-corrected chi connectivity index (χ4v) is 1.15. The Bertz CT molecular complexity index is 398. The van der Waals surface area contributed by atoms with Gasteiger partial charge in [-0.1, -0.05) is 12.1 Å². The van der Waals surface area contributed by atoms with Crippen LogP contribution in [0.25, 0.3) is 10.9 Å². The topological polar surface area (TPSA) is 51.8 Å². The van der Waals surface area contributed by atoms with Gasteiger partial charge in [0.15, 0.2) is 0 Å². The lowest BCUT2D eigenvalue weighted by Gasteiger charge is -1.97. The first-order valence-corrected chi connectivity index (χ1v) is 3.80. The molecule has 3 nitrogen and oxygen atoms in total. The number of aromatic nitrogens is 2. The monoisotopic (exact) mass is 159 g/mol. The van der Waals surface area contributed by atoms with E-state index in [0.717, 1.165) is 16.5 Å². The van der Waals surface area contributed by atoms with Gasteiger partial charge in [0.05, 0.1) is 11.7 Å². The molecule has 0 fully saturated rings. The summed E-state index contributed by atoms with van der Waals surface area (Å²) in [6.07, 6.45) is 1.68. The van der Waals surface area contributed by atoms with Crippen LogP contribution in [-0.4, -0.2) is 10.2 Å². The first-order valence-electron chi connectivity index (χ1n) is 3.80. The Morgan fingerprint density at radius 1 is 1.25 bits per heavy atom. The number of nitrogens with two attached hydrogens (primary N) is 1. The Morgan fingerprint density at radius 3 is 3.00 bits per heavy atom. The van der Waals surface area contributed by atoms with E-state index in [1.165, 1.54) is 0 Å². The standard InChI is InChI=1S/C9H9N3/c10-6-7-1-2-8-3-4-11-12-9(8)5-7/h1-5H,6,10H2. The zero-order valence-corrected chi connectivity index (χ0v) is 6.57. The molecule has 1 aromatic heterocycles. The van der Waals surface area contributed by atoms with Crippen molar-refractivity contribution in [2.45, 2.75) is 6.54 Å². The van der Waals surface area contributed by atoms with Crippen molar-refractivity contribution >= 4 is 10.9 Å². The lowest BCUT2D eigenvalue weighted by atomic mass is 10.1. The molecule has 0 aliphatic heterocycles. The van der Waals surface area contributed by atoms with Crippen LogP contribution in [0.5, 0.6) is 0 Å². The molecule has 0 aliphatic carbocycles. The number of hydrogen-bond donors (Lipinski definition) is 1. The largest absolute Gasteiger partial charge is 0.326 e. The molecule has 0 saturated carbocycles. The Morgan fingerprint density at radius 2 is 2.17 bits per heavy atom. The molecule has 2 aromatic rings. The van der Waals surface area contributed by atoms with Crippen LogP contribution in [0, 0.1) is 0 Å². The summed E-state index contributed by atoms with van der Waals surface area (Å²) in [6, 6.07) is 7.90. The molecule has 12 heavy (non-hydrogen) atoms. The lowest BCUT2D eigenvalue weighted by Crippen LogP contribution is -1.96. The van der Waals surface area contributed by atoms with Crippen molar-refractivity contribution < 1.29 is 0 Å². The molecule has 60 valence electrons. The molecule has 0 amide bonds. The number of fused-ring (bicyclic) bond motifs is 1. The summed E-state index contributed by atoms with van der Waals surface area (Å²) in [6.45, 7) is 0.548. The average Bonchev–Trinajstić information content (AvgIpc) is 2.17. The first-order chi connectivity index (χ1) is 5.90. The zero-order chi connectivity index (χ0) is 8.39. The van der Waals surface area contributed by atoms with E-state index in [-0.39, 0.29) is 0 Å². The highest BCUT2D eigenvalue weighted by atomic mass is 15.1. The van der Waals surface area contributed by atoms with E-state index >= 15 is 0 Å². The Kier molecular flexibility index (Phi) is 1.72. The second-order valence-electron chi connectivity index (χ2n) is 2.63. The molecule has 2 N–H and O–H groups in total. The van der Waals surface area contributed by atoms with Crippen molar-refractivity contribution in [3.8, 4) is 0 Å². The van der Waals surface area contributed by atoms with E-state index in [0.29, 0.717) is 6.54 Å². The lowest BCUT2D eigenvalue weighted by molar-refractivity contribution is 1.05. The predicted octanol–water partition coefficient (Wildman–Crippen LogP) is 1.09. The summed E-state index contributed by atoms with van der Waals surface area (Å²) in [7, 11) is 0. The van der Waals surface area contributed by atoms with E-state index in [2.05, 4.69) is 10.2 Å². The molecular weight excluding hydrogens is 150 g/mol. The van der Waals surface area contributed by atoms with E-state index in [9.17, 15) is 0 Å². The highest BCUT2D eigenvalue weighted by molar-refractivity contribution is 5.78. The van der Waals surface area contributed by atoms with Gasteiger partial charge in [0.2, 0.25) is 0 Å². The van der Waals surface area contributed by atoms with Gasteiger partial charge in [0.1, 0.15) is 0 Å². The number of benzene rings is 1. The van der Waals surface area contributed by atoms with Gasteiger partial charge in [-0.15, -0.1) is 0 Å². The molecule has 1 heterocycles. The van der Waals surface area contributed by atoms with Crippen LogP contribution in [0.15, 0.2) is 30.5 Å². The van der Waals surface area contributed by atoms with Gasteiger partial charge in [-0.05, 0) is 17.7 Å². The average molecular weight is 159 g/mol. The minimum atomic E-state index is 0.548. The number of rotatable bonds is 1. The van der Waals surface area contributed by atoms with Crippen LogP contribution in [0.3, 0.4) is 0 Å². The molecule has 3 heteroatoms. The fourth-order valence-electron chi connectivity index (χ4n) is 1.15. The zero-order valence-electron chi connectivity index (χ0n) is 6.57. The van der Waals surface area contributed by atoms with E-state index < -0.39 is 0 Å². The summed E-state index contributed by atoms with van der Waals surface area (Å²) in [5, 5.41) is 8.88. The second-order valence-corrected chi connectivity index (χ2v) is 2.63. The van der Waals surface area contributed by atoms with Crippen LogP contribution < -0.4 is 5.73 Å². The maximum atomic E-state index is 5.49. The molecule has 0 radical (unpaired) electrons. The maximum Gasteiger partial charge on any atom is 0.0932 e. The number of nitrogens with zero attached hydrogens (tertiary/aromatic N) is 2. The predicted molar refractivity (Wildman–Crippen MR) is 47.4 cm³/mol. The smallest absolute Gasteiger partial charge is 0.0932 e. The molecule has 0 bridgehead atoms. The van der Waals surface area contributed by atoms with Gasteiger partial charge >= 0.3 is 0 Å². The third-order valence-electron chi connectivity index (χ3n) is 1.82. The number of hydrogen-bond acceptors (Lipinski definition) is 3. The van der Waals surface area contributed by atoms with Crippen LogP contribution in [-0.2, 0) is 6.54 Å². The quantitative estimate of drug-likeness (QED) is 0.677. The van der Waals surface area contributed by atoms with Crippen molar-refractivity contribution in [2.75, 3.05) is 0 Å². The first kappa shape index (κ1) is 7.18. The van der Waals surface area contributed by atoms with Crippen molar-refractivity contribution in [1.82, 2.24) is 10.2 Å². The molecule has 1 aromatic carbocycles. The van der Waals surface area contributed by atoms with E-state index in [4.69, 9.17) is 5.73 Å². The summed E-state index contributed by atoms with van der Waals surface area (Å²) in [4.78, 5) is 0. The van der Waals surface area contributed by atoms with E-state index in [1.54, 1.807) is 6.20 Å². The van der Waals surface area contributed by atoms with Crippen LogP contribution in [0.2, 0.25) is 0 Å². The highest BCUT2D eigenvalue weighted by Crippen LogP contribution is 2.11. The molecule has 2 rings (SSSR count). The molecular formula is C9H9N3. The van der Waals surface area contributed by atoms with Gasteiger partial charge in [-0.3, -0.25) is 0 Å². The Balaban J connectivity index is 2.67. The van der Waals surface area contributed by atoms with Crippen molar-refractivity contribution in [1.29, 1.82) is 0 Å². The summed E-state index contributed by atoms with van der Waals surface area (Å²) in [5.41, 5.74) is 7.48. The molecule has 0 saturated heterocycles. The Hall–Kier alpha value is -1.48. The van der Waals surface area contributed by atoms with Crippen LogP contribution in [0.4, 0.5) is 0 Å². The van der Waals surface area contributed by atoms with Crippen molar-refractivity contribution in [3.63, 3.8) is 0 Å². The maximum absolute atomic E-state index is 5.49. The summed E-state index contributed by atoms with van der Waals surface area (Å²) < 4.78 is 0. The highest BCUT2D eigenvalue weighted by Gasteiger charge is 1.94. The van der Waals surface area contributed by atoms with Gasteiger partial charge in [-0.25, -0.2) is 0 Å². The van der Waals surface area contributed by atoms with Crippen molar-refractivity contribution in [2.24, 2.45) is 5.73 Å². The third kappa shape index (κ3) is 1.14. The molecule has 0 aliphatic rings. The minimum absolute atomic E-state index is 0.548. The fraction of sp³-hybridized carbons (Fsp3) is 0.111. The minimum Gasteiger partial charge on any atom is -0.326 e. The van der Waals surface area contributed by atoms with Gasteiger partial charge < -0.3 is 5.73 Å². The molecule has 0 unspecified atom stereocenters. The van der Waals surface area contributed by atoms with Crippen LogP contribution in [0.1, 0.15) is 5.56 Å². The molecule has 0 atom stereocenters. The van der Waals surface area contributed by atoms with Gasteiger partial charge in [0.25, 0.3) is 0 Å². The van der Waals surface area contributed by atoms with Gasteiger partial charge in [-0.2, -0.15) is 10.2 Å². The van der Waals surface area contributed by atoms with Crippen molar-refractivity contribution in [3.05, 3.63) is 36.0 Å². The SMILES string of the molecule is NCc1ccc2ccnnc2c1. The van der Waals surface area contributed by atoms with Gasteiger partial charge in [0, 0.05) is 11.9 Å². The van der Waals surface area contributed by atoms with E-state index in [1.807, 2.05) is 24.3 Å². The Labute approximate surface area is 70.2 Å². The normalized spacial score (nSPS) is 10.4.